The molecule has 0 fully saturated rings. The van der Waals surface area contributed by atoms with E-state index in [4.69, 9.17) is 20.9 Å². The molecule has 6 nitrogen and oxygen atoms in total. The largest absolute Gasteiger partial charge is 0.462 e. The van der Waals surface area contributed by atoms with Crippen LogP contribution in [-0.2, 0) is 19.1 Å². The molecular weight excluding hydrogens is 320 g/mol. The molecule has 0 saturated heterocycles. The second-order valence-corrected chi connectivity index (χ2v) is 7.32. The van der Waals surface area contributed by atoms with E-state index in [9.17, 15) is 9.59 Å². The van der Waals surface area contributed by atoms with Gasteiger partial charge in [-0.15, -0.1) is 0 Å². The van der Waals surface area contributed by atoms with Gasteiger partial charge in [-0.3, -0.25) is 9.59 Å². The molecule has 0 aromatic carbocycles. The van der Waals surface area contributed by atoms with Crippen LogP contribution in [0.15, 0.2) is 0 Å². The van der Waals surface area contributed by atoms with Gasteiger partial charge in [-0.2, -0.15) is 0 Å². The molecule has 0 saturated carbocycles. The van der Waals surface area contributed by atoms with E-state index in [-0.39, 0.29) is 30.1 Å². The lowest BCUT2D eigenvalue weighted by atomic mass is 10.0. The Labute approximate surface area is 154 Å². The van der Waals surface area contributed by atoms with E-state index in [1.54, 1.807) is 0 Å². The predicted molar refractivity (Wildman–Crippen MR) is 102 cm³/mol. The highest BCUT2D eigenvalue weighted by molar-refractivity contribution is 5.76. The fourth-order valence-electron chi connectivity index (χ4n) is 1.61. The van der Waals surface area contributed by atoms with Crippen molar-refractivity contribution in [3.63, 3.8) is 0 Å². The number of carbonyl (C=O) groups excluding carboxylic acids is 2. The van der Waals surface area contributed by atoms with E-state index in [0.29, 0.717) is 12.3 Å². The standard InChI is InChI=1S/C10H21NO2.C9H19NO2/c1-5-8(4)13-10(12)9(11)6-7(2)3;1-5-7(4)12-9(11)8(10)6(2)3/h7-9H,5-6,11H2,1-4H3;6-8H,5,10H2,1-4H3. The van der Waals surface area contributed by atoms with Gasteiger partial charge in [0.1, 0.15) is 12.1 Å². The molecule has 0 aliphatic carbocycles. The SMILES string of the molecule is CCC(C)OC(=O)C(N)C(C)C.CCC(C)OC(=O)C(N)CC(C)C. The molecule has 6 heteroatoms. The van der Waals surface area contributed by atoms with Gasteiger partial charge in [-0.25, -0.2) is 0 Å². The van der Waals surface area contributed by atoms with Crippen LogP contribution < -0.4 is 11.5 Å². The fourth-order valence-corrected chi connectivity index (χ4v) is 1.61. The third-order valence-corrected chi connectivity index (χ3v) is 3.80. The first-order valence-corrected chi connectivity index (χ1v) is 9.38. The third-order valence-electron chi connectivity index (χ3n) is 3.80. The molecule has 0 radical (unpaired) electrons. The van der Waals surface area contributed by atoms with Crippen molar-refractivity contribution in [1.29, 1.82) is 0 Å². The number of nitrogens with two attached hydrogens (primary N) is 2. The van der Waals surface area contributed by atoms with Crippen LogP contribution >= 0.6 is 0 Å². The number of carbonyl (C=O) groups is 2. The van der Waals surface area contributed by atoms with Crippen molar-refractivity contribution in [1.82, 2.24) is 0 Å². The normalized spacial score (nSPS) is 15.7. The monoisotopic (exact) mass is 360 g/mol. The van der Waals surface area contributed by atoms with Crippen LogP contribution in [0.3, 0.4) is 0 Å². The van der Waals surface area contributed by atoms with E-state index in [0.717, 1.165) is 12.8 Å². The van der Waals surface area contributed by atoms with Crippen molar-refractivity contribution in [3.8, 4) is 0 Å². The third kappa shape index (κ3) is 13.8. The van der Waals surface area contributed by atoms with Gasteiger partial charge in [0.25, 0.3) is 0 Å². The van der Waals surface area contributed by atoms with E-state index < -0.39 is 12.1 Å². The van der Waals surface area contributed by atoms with Crippen molar-refractivity contribution in [2.75, 3.05) is 0 Å². The minimum Gasteiger partial charge on any atom is -0.462 e. The number of esters is 2. The maximum Gasteiger partial charge on any atom is 0.323 e. The Bertz CT molecular complexity index is 372. The zero-order valence-corrected chi connectivity index (χ0v) is 17.4. The molecule has 0 aromatic rings. The summed E-state index contributed by atoms with van der Waals surface area (Å²) < 4.78 is 10.2. The second-order valence-electron chi connectivity index (χ2n) is 7.32. The Morgan fingerprint density at radius 1 is 0.800 bits per heavy atom. The van der Waals surface area contributed by atoms with Crippen LogP contribution in [-0.4, -0.2) is 36.2 Å². The number of hydrogen-bond donors (Lipinski definition) is 2. The van der Waals surface area contributed by atoms with Crippen molar-refractivity contribution < 1.29 is 19.1 Å². The van der Waals surface area contributed by atoms with Gasteiger partial charge < -0.3 is 20.9 Å². The molecule has 150 valence electrons. The van der Waals surface area contributed by atoms with Crippen molar-refractivity contribution in [2.45, 2.75) is 98.9 Å². The first kappa shape index (κ1) is 26.1. The summed E-state index contributed by atoms with van der Waals surface area (Å²) >= 11 is 0. The molecule has 0 aromatic heterocycles. The molecule has 4 unspecified atom stereocenters. The molecule has 25 heavy (non-hydrogen) atoms. The molecular formula is C19H40N2O4. The van der Waals surface area contributed by atoms with Gasteiger partial charge in [0.15, 0.2) is 0 Å². The predicted octanol–water partition coefficient (Wildman–Crippen LogP) is 3.01. The fraction of sp³-hybridized carbons (Fsp3) is 0.895. The minimum absolute atomic E-state index is 0.0225. The highest BCUT2D eigenvalue weighted by Crippen LogP contribution is 2.06. The van der Waals surface area contributed by atoms with Crippen LogP contribution in [0.2, 0.25) is 0 Å². The summed E-state index contributed by atoms with van der Waals surface area (Å²) in [6.07, 6.45) is 2.30. The first-order valence-electron chi connectivity index (χ1n) is 9.38. The van der Waals surface area contributed by atoms with Crippen molar-refractivity contribution >= 4 is 11.9 Å². The summed E-state index contributed by atoms with van der Waals surface area (Å²) in [7, 11) is 0. The lowest BCUT2D eigenvalue weighted by molar-refractivity contribution is -0.151. The first-order chi connectivity index (χ1) is 11.5. The molecule has 0 heterocycles. The topological polar surface area (TPSA) is 105 Å². The number of hydrogen-bond acceptors (Lipinski definition) is 6. The quantitative estimate of drug-likeness (QED) is 0.612. The maximum absolute atomic E-state index is 11.3. The van der Waals surface area contributed by atoms with Crippen LogP contribution in [0.25, 0.3) is 0 Å². The lowest BCUT2D eigenvalue weighted by Crippen LogP contribution is -2.38. The number of rotatable bonds is 9. The van der Waals surface area contributed by atoms with Crippen molar-refractivity contribution in [2.24, 2.45) is 23.3 Å². The van der Waals surface area contributed by atoms with E-state index in [1.165, 1.54) is 0 Å². The Morgan fingerprint density at radius 3 is 1.52 bits per heavy atom. The highest BCUT2D eigenvalue weighted by atomic mass is 16.5. The maximum atomic E-state index is 11.3. The van der Waals surface area contributed by atoms with Crippen LogP contribution in [0, 0.1) is 11.8 Å². The summed E-state index contributed by atoms with van der Waals surface area (Å²) in [5, 5.41) is 0. The van der Waals surface area contributed by atoms with Gasteiger partial charge in [-0.05, 0) is 44.9 Å². The highest BCUT2D eigenvalue weighted by Gasteiger charge is 2.20. The van der Waals surface area contributed by atoms with Gasteiger partial charge in [0.05, 0.1) is 12.2 Å². The summed E-state index contributed by atoms with van der Waals surface area (Å²) in [5.41, 5.74) is 11.2. The molecule has 0 aliphatic rings. The molecule has 4 N–H and O–H groups in total. The average Bonchev–Trinajstić information content (AvgIpc) is 2.53. The summed E-state index contributed by atoms with van der Waals surface area (Å²) in [6.45, 7) is 15.6. The van der Waals surface area contributed by atoms with Gasteiger partial charge in [-0.1, -0.05) is 41.5 Å². The lowest BCUT2D eigenvalue weighted by Gasteiger charge is -2.17. The zero-order valence-electron chi connectivity index (χ0n) is 17.4. The van der Waals surface area contributed by atoms with Crippen molar-refractivity contribution in [3.05, 3.63) is 0 Å². The second kappa shape index (κ2) is 14.1. The smallest absolute Gasteiger partial charge is 0.323 e. The van der Waals surface area contributed by atoms with Crippen LogP contribution in [0.4, 0.5) is 0 Å². The molecule has 0 bridgehead atoms. The van der Waals surface area contributed by atoms with E-state index in [1.807, 2.05) is 55.4 Å². The molecule has 0 spiro atoms. The molecule has 0 rings (SSSR count). The Morgan fingerprint density at radius 2 is 1.20 bits per heavy atom. The van der Waals surface area contributed by atoms with Gasteiger partial charge in [0.2, 0.25) is 0 Å². The summed E-state index contributed by atoms with van der Waals surface area (Å²) in [4.78, 5) is 22.5. The van der Waals surface area contributed by atoms with E-state index >= 15 is 0 Å². The molecule has 0 amide bonds. The average molecular weight is 361 g/mol. The Kier molecular flexibility index (Phi) is 14.7. The van der Waals surface area contributed by atoms with Gasteiger partial charge in [0, 0.05) is 0 Å². The van der Waals surface area contributed by atoms with Crippen LogP contribution in [0.5, 0.6) is 0 Å². The molecule has 0 aliphatic heterocycles. The van der Waals surface area contributed by atoms with E-state index in [2.05, 4.69) is 0 Å². The Hall–Kier alpha value is -1.14. The summed E-state index contributed by atoms with van der Waals surface area (Å²) in [6, 6.07) is -0.951. The molecule has 4 atom stereocenters. The zero-order chi connectivity index (χ0) is 20.2. The minimum atomic E-state index is -0.487. The number of ether oxygens (including phenoxy) is 2. The van der Waals surface area contributed by atoms with Crippen LogP contribution in [0.1, 0.15) is 74.7 Å². The Balaban J connectivity index is 0. The summed E-state index contributed by atoms with van der Waals surface area (Å²) in [5.74, 6) is 0.00318. The van der Waals surface area contributed by atoms with Gasteiger partial charge >= 0.3 is 11.9 Å².